The summed E-state index contributed by atoms with van der Waals surface area (Å²) in [5.41, 5.74) is 0.384. The first kappa shape index (κ1) is 18.5. The summed E-state index contributed by atoms with van der Waals surface area (Å²) < 4.78 is 40.6. The van der Waals surface area contributed by atoms with Gasteiger partial charge in [0, 0.05) is 18.7 Å². The number of nitrogens with zero attached hydrogens (tertiary/aromatic N) is 1. The number of alkyl halides is 3. The van der Waals surface area contributed by atoms with Gasteiger partial charge in [0.1, 0.15) is 16.5 Å². The van der Waals surface area contributed by atoms with Gasteiger partial charge in [-0.15, -0.1) is 13.2 Å². The molecule has 0 spiro atoms. The molecule has 10 heteroatoms. The van der Waals surface area contributed by atoms with Gasteiger partial charge in [-0.1, -0.05) is 24.4 Å². The van der Waals surface area contributed by atoms with Crippen molar-refractivity contribution in [2.45, 2.75) is 12.9 Å². The van der Waals surface area contributed by atoms with E-state index in [-0.39, 0.29) is 28.5 Å². The number of phenolic OH excluding ortho intramolecular Hbond substituents is 1. The number of hydrogen-bond acceptors (Lipinski definition) is 5. The van der Waals surface area contributed by atoms with E-state index in [1.807, 2.05) is 0 Å². The summed E-state index contributed by atoms with van der Waals surface area (Å²) in [6, 6.07) is 8.70. The molecule has 0 aromatic heterocycles. The monoisotopic (exact) mass is 372 g/mol. The maximum Gasteiger partial charge on any atom is 0.573 e. The van der Waals surface area contributed by atoms with Crippen molar-refractivity contribution >= 4 is 22.9 Å². The Morgan fingerprint density at radius 1 is 1.28 bits per heavy atom. The average Bonchev–Trinajstić information content (AvgIpc) is 2.53. The zero-order valence-electron chi connectivity index (χ0n) is 12.4. The number of thiocarbonyl (C=S) groups is 1. The molecule has 0 unspecified atom stereocenters. The number of halogens is 3. The number of nitro groups is 1. The van der Waals surface area contributed by atoms with Crippen LogP contribution in [0, 0.1) is 10.1 Å². The molecular weight excluding hydrogens is 361 g/mol. The van der Waals surface area contributed by atoms with Gasteiger partial charge in [-0.2, -0.15) is 0 Å². The van der Waals surface area contributed by atoms with Crippen molar-refractivity contribution < 1.29 is 27.9 Å². The number of nitro benzene ring substituents is 1. The van der Waals surface area contributed by atoms with E-state index in [2.05, 4.69) is 10.1 Å². The molecule has 0 aliphatic heterocycles. The summed E-state index contributed by atoms with van der Waals surface area (Å²) >= 11 is 5.05. The van der Waals surface area contributed by atoms with Crippen LogP contribution in [0.25, 0.3) is 0 Å². The summed E-state index contributed by atoms with van der Waals surface area (Å²) in [6.45, 7) is 0.0876. The van der Waals surface area contributed by atoms with Crippen molar-refractivity contribution in [1.82, 2.24) is 5.32 Å². The molecule has 0 atom stereocenters. The molecule has 0 heterocycles. The summed E-state index contributed by atoms with van der Waals surface area (Å²) in [7, 11) is 0. The highest BCUT2D eigenvalue weighted by atomic mass is 32.1. The van der Waals surface area contributed by atoms with Crippen LogP contribution in [-0.2, 0) is 6.54 Å². The molecule has 2 aromatic rings. The Hall–Kier alpha value is -2.88. The van der Waals surface area contributed by atoms with E-state index in [0.717, 1.165) is 18.2 Å². The van der Waals surface area contributed by atoms with Crippen LogP contribution in [0.4, 0.5) is 18.9 Å². The van der Waals surface area contributed by atoms with Gasteiger partial charge in [0.05, 0.1) is 10.5 Å². The second kappa shape index (κ2) is 7.34. The van der Waals surface area contributed by atoms with Gasteiger partial charge in [-0.3, -0.25) is 10.1 Å². The summed E-state index contributed by atoms with van der Waals surface area (Å²) in [5, 5.41) is 23.2. The normalized spacial score (nSPS) is 11.0. The predicted octanol–water partition coefficient (Wildman–Crippen LogP) is 3.66. The average molecular weight is 372 g/mol. The summed E-state index contributed by atoms with van der Waals surface area (Å²) in [5.74, 6) is -0.856. The Morgan fingerprint density at radius 2 is 2.00 bits per heavy atom. The van der Waals surface area contributed by atoms with E-state index in [1.165, 1.54) is 18.2 Å². The van der Waals surface area contributed by atoms with E-state index in [1.54, 1.807) is 6.07 Å². The zero-order chi connectivity index (χ0) is 18.6. The molecule has 6 nitrogen and oxygen atoms in total. The maximum absolute atomic E-state index is 12.3. The minimum absolute atomic E-state index is 0.0309. The number of rotatable bonds is 5. The molecule has 0 fully saturated rings. The smallest absolute Gasteiger partial charge is 0.507 e. The number of ether oxygens (including phenoxy) is 1. The summed E-state index contributed by atoms with van der Waals surface area (Å²) in [4.78, 5) is 10.1. The second-order valence-corrected chi connectivity index (χ2v) is 5.24. The SMILES string of the molecule is O=[N+]([O-])c1cccc(CNC(=S)c2cc(OC(F)(F)F)ccc2O)c1. The standard InChI is InChI=1S/C15H11F3N2O4S/c16-15(17,18)24-11-4-5-13(21)12(7-11)14(25)19-8-9-2-1-3-10(6-9)20(22)23/h1-7,21H,8H2,(H,19,25). The third-order valence-electron chi connectivity index (χ3n) is 3.02. The van der Waals surface area contributed by atoms with Crippen molar-refractivity contribution in [2.24, 2.45) is 0 Å². The number of hydrogen-bond donors (Lipinski definition) is 2. The molecule has 0 amide bonds. The largest absolute Gasteiger partial charge is 0.573 e. The van der Waals surface area contributed by atoms with Crippen LogP contribution in [0.2, 0.25) is 0 Å². The fraction of sp³-hybridized carbons (Fsp3) is 0.133. The Morgan fingerprint density at radius 3 is 2.64 bits per heavy atom. The maximum atomic E-state index is 12.3. The highest BCUT2D eigenvalue weighted by molar-refractivity contribution is 7.80. The molecule has 0 saturated heterocycles. The third kappa shape index (κ3) is 5.31. The van der Waals surface area contributed by atoms with Crippen LogP contribution in [-0.4, -0.2) is 21.4 Å². The molecule has 2 aromatic carbocycles. The number of non-ortho nitro benzene ring substituents is 1. The predicted molar refractivity (Wildman–Crippen MR) is 86.4 cm³/mol. The molecule has 0 aliphatic carbocycles. The lowest BCUT2D eigenvalue weighted by Crippen LogP contribution is -2.22. The first-order valence-electron chi connectivity index (χ1n) is 6.76. The first-order chi connectivity index (χ1) is 11.7. The Bertz CT molecular complexity index is 812. The Kier molecular flexibility index (Phi) is 5.42. The van der Waals surface area contributed by atoms with Gasteiger partial charge in [-0.05, 0) is 23.8 Å². The third-order valence-corrected chi connectivity index (χ3v) is 3.38. The molecule has 0 saturated carbocycles. The van der Waals surface area contributed by atoms with Crippen LogP contribution in [0.15, 0.2) is 42.5 Å². The fourth-order valence-electron chi connectivity index (χ4n) is 1.95. The van der Waals surface area contributed by atoms with Crippen molar-refractivity contribution in [3.05, 3.63) is 63.7 Å². The topological polar surface area (TPSA) is 84.6 Å². The van der Waals surface area contributed by atoms with Crippen molar-refractivity contribution in [1.29, 1.82) is 0 Å². The highest BCUT2D eigenvalue weighted by Gasteiger charge is 2.31. The molecule has 2 rings (SSSR count). The molecular formula is C15H11F3N2O4S. The minimum Gasteiger partial charge on any atom is -0.507 e. The van der Waals surface area contributed by atoms with Gasteiger partial charge < -0.3 is 15.2 Å². The van der Waals surface area contributed by atoms with E-state index in [4.69, 9.17) is 12.2 Å². The highest BCUT2D eigenvalue weighted by Crippen LogP contribution is 2.28. The Labute approximate surface area is 145 Å². The lowest BCUT2D eigenvalue weighted by atomic mass is 10.1. The van der Waals surface area contributed by atoms with Gasteiger partial charge in [0.25, 0.3) is 5.69 Å². The number of benzene rings is 2. The van der Waals surface area contributed by atoms with Gasteiger partial charge in [-0.25, -0.2) is 0 Å². The van der Waals surface area contributed by atoms with Crippen LogP contribution < -0.4 is 10.1 Å². The van der Waals surface area contributed by atoms with Gasteiger partial charge in [0.15, 0.2) is 0 Å². The van der Waals surface area contributed by atoms with Crippen LogP contribution in [0.3, 0.4) is 0 Å². The Balaban J connectivity index is 2.11. The second-order valence-electron chi connectivity index (χ2n) is 4.84. The first-order valence-corrected chi connectivity index (χ1v) is 7.17. The quantitative estimate of drug-likeness (QED) is 0.473. The number of nitrogens with one attached hydrogen (secondary N) is 1. The van der Waals surface area contributed by atoms with Crippen molar-refractivity contribution in [3.63, 3.8) is 0 Å². The van der Waals surface area contributed by atoms with E-state index in [0.29, 0.717) is 5.56 Å². The molecule has 25 heavy (non-hydrogen) atoms. The molecule has 132 valence electrons. The van der Waals surface area contributed by atoms with Crippen molar-refractivity contribution in [3.8, 4) is 11.5 Å². The van der Waals surface area contributed by atoms with Crippen LogP contribution >= 0.6 is 12.2 Å². The number of aromatic hydroxyl groups is 1. The van der Waals surface area contributed by atoms with Gasteiger partial charge in [0.2, 0.25) is 0 Å². The van der Waals surface area contributed by atoms with E-state index >= 15 is 0 Å². The minimum atomic E-state index is -4.87. The molecule has 0 bridgehead atoms. The van der Waals surface area contributed by atoms with E-state index < -0.39 is 17.0 Å². The number of phenols is 1. The fourth-order valence-corrected chi connectivity index (χ4v) is 2.19. The molecule has 0 aliphatic rings. The van der Waals surface area contributed by atoms with E-state index in [9.17, 15) is 28.4 Å². The lowest BCUT2D eigenvalue weighted by molar-refractivity contribution is -0.384. The molecule has 0 radical (unpaired) electrons. The lowest BCUT2D eigenvalue weighted by Gasteiger charge is -2.13. The molecule has 2 N–H and O–H groups in total. The zero-order valence-corrected chi connectivity index (χ0v) is 13.2. The van der Waals surface area contributed by atoms with Gasteiger partial charge >= 0.3 is 6.36 Å². The van der Waals surface area contributed by atoms with Crippen LogP contribution in [0.5, 0.6) is 11.5 Å². The van der Waals surface area contributed by atoms with Crippen LogP contribution in [0.1, 0.15) is 11.1 Å². The van der Waals surface area contributed by atoms with Crippen molar-refractivity contribution in [2.75, 3.05) is 0 Å². The summed E-state index contributed by atoms with van der Waals surface area (Å²) in [6.07, 6.45) is -4.87.